The second kappa shape index (κ2) is 4.89. The largest absolute Gasteiger partial charge is 0.339 e. The van der Waals surface area contributed by atoms with Gasteiger partial charge in [0.2, 0.25) is 5.91 Å². The molecule has 0 aromatic carbocycles. The topological polar surface area (TPSA) is 63.4 Å². The molecule has 0 bridgehead atoms. The smallest absolute Gasteiger partial charge is 0.239 e. The van der Waals surface area contributed by atoms with Crippen molar-refractivity contribution in [2.75, 3.05) is 24.6 Å². The highest BCUT2D eigenvalue weighted by molar-refractivity contribution is 7.85. The average Bonchev–Trinajstić information content (AvgIpc) is 2.16. The third kappa shape index (κ3) is 2.78. The van der Waals surface area contributed by atoms with E-state index in [0.717, 1.165) is 0 Å². The maximum Gasteiger partial charge on any atom is 0.239 e. The molecular weight excluding hydrogens is 200 g/mol. The lowest BCUT2D eigenvalue weighted by Crippen LogP contribution is -2.50. The van der Waals surface area contributed by atoms with Gasteiger partial charge in [-0.1, -0.05) is 13.8 Å². The molecule has 5 heteroatoms. The van der Waals surface area contributed by atoms with Gasteiger partial charge >= 0.3 is 0 Å². The predicted octanol–water partition coefficient (Wildman–Crippen LogP) is -0.439. The Morgan fingerprint density at radius 1 is 1.36 bits per heavy atom. The standard InChI is InChI=1S/C9H18N2O2S/c1-7(2)8(10)9(12)11-3-5-14(13)6-4-11/h7-8H,3-6,10H2,1-2H3/t8-/m1/s1. The maximum absolute atomic E-state index is 11.7. The lowest BCUT2D eigenvalue weighted by atomic mass is 10.0. The number of amides is 1. The van der Waals surface area contributed by atoms with E-state index in [1.54, 1.807) is 4.90 Å². The lowest BCUT2D eigenvalue weighted by molar-refractivity contribution is -0.133. The van der Waals surface area contributed by atoms with E-state index in [9.17, 15) is 9.00 Å². The molecule has 1 fully saturated rings. The van der Waals surface area contributed by atoms with Gasteiger partial charge in [0.1, 0.15) is 0 Å². The number of nitrogens with zero attached hydrogens (tertiary/aromatic N) is 1. The van der Waals surface area contributed by atoms with Crippen LogP contribution in [0, 0.1) is 5.92 Å². The van der Waals surface area contributed by atoms with Crippen molar-refractivity contribution in [1.82, 2.24) is 4.90 Å². The summed E-state index contributed by atoms with van der Waals surface area (Å²) in [6.45, 7) is 5.05. The molecule has 0 saturated carbocycles. The molecule has 0 aromatic rings. The van der Waals surface area contributed by atoms with Crippen LogP contribution in [0.3, 0.4) is 0 Å². The van der Waals surface area contributed by atoms with Crippen LogP contribution < -0.4 is 5.73 Å². The highest BCUT2D eigenvalue weighted by Gasteiger charge is 2.26. The summed E-state index contributed by atoms with van der Waals surface area (Å²) >= 11 is 0. The van der Waals surface area contributed by atoms with Gasteiger partial charge in [-0.05, 0) is 5.92 Å². The van der Waals surface area contributed by atoms with E-state index in [2.05, 4.69) is 0 Å². The summed E-state index contributed by atoms with van der Waals surface area (Å²) in [5, 5.41) is 0. The summed E-state index contributed by atoms with van der Waals surface area (Å²) in [5.74, 6) is 1.35. The zero-order valence-corrected chi connectivity index (χ0v) is 9.55. The van der Waals surface area contributed by atoms with Gasteiger partial charge in [0.25, 0.3) is 0 Å². The maximum atomic E-state index is 11.7. The third-order valence-corrected chi connectivity index (χ3v) is 3.77. The quantitative estimate of drug-likeness (QED) is 0.683. The number of carbonyl (C=O) groups excluding carboxylic acids is 1. The number of nitrogens with two attached hydrogens (primary N) is 1. The first-order valence-electron chi connectivity index (χ1n) is 4.91. The molecule has 82 valence electrons. The summed E-state index contributed by atoms with van der Waals surface area (Å²) in [6, 6.07) is -0.415. The van der Waals surface area contributed by atoms with E-state index in [-0.39, 0.29) is 11.8 Å². The molecule has 2 N–H and O–H groups in total. The molecule has 1 amide bonds. The van der Waals surface area contributed by atoms with Gasteiger partial charge in [-0.25, -0.2) is 0 Å². The van der Waals surface area contributed by atoms with E-state index in [1.165, 1.54) is 0 Å². The van der Waals surface area contributed by atoms with Crippen LogP contribution in [-0.4, -0.2) is 45.7 Å². The summed E-state index contributed by atoms with van der Waals surface area (Å²) in [5.41, 5.74) is 5.76. The third-order valence-electron chi connectivity index (χ3n) is 2.49. The van der Waals surface area contributed by atoms with Gasteiger partial charge in [0, 0.05) is 35.4 Å². The van der Waals surface area contributed by atoms with Crippen LogP contribution >= 0.6 is 0 Å². The van der Waals surface area contributed by atoms with Gasteiger partial charge in [0.15, 0.2) is 0 Å². The van der Waals surface area contributed by atoms with Crippen molar-refractivity contribution < 1.29 is 9.00 Å². The first-order valence-corrected chi connectivity index (χ1v) is 6.40. The monoisotopic (exact) mass is 218 g/mol. The van der Waals surface area contributed by atoms with Crippen molar-refractivity contribution in [3.05, 3.63) is 0 Å². The zero-order chi connectivity index (χ0) is 10.7. The van der Waals surface area contributed by atoms with Crippen molar-refractivity contribution >= 4 is 16.7 Å². The van der Waals surface area contributed by atoms with Gasteiger partial charge in [-0.3, -0.25) is 9.00 Å². The van der Waals surface area contributed by atoms with Gasteiger partial charge in [-0.15, -0.1) is 0 Å². The summed E-state index contributed by atoms with van der Waals surface area (Å²) in [6.07, 6.45) is 0. The van der Waals surface area contributed by atoms with Crippen molar-refractivity contribution in [3.8, 4) is 0 Å². The lowest BCUT2D eigenvalue weighted by Gasteiger charge is -2.29. The predicted molar refractivity (Wildman–Crippen MR) is 57.3 cm³/mol. The average molecular weight is 218 g/mol. The van der Waals surface area contributed by atoms with Crippen LogP contribution in [0.25, 0.3) is 0 Å². The van der Waals surface area contributed by atoms with Gasteiger partial charge in [-0.2, -0.15) is 0 Å². The van der Waals surface area contributed by atoms with Crippen molar-refractivity contribution in [1.29, 1.82) is 0 Å². The normalized spacial score (nSPS) is 21.3. The molecule has 1 atom stereocenters. The van der Waals surface area contributed by atoms with E-state index in [0.29, 0.717) is 24.6 Å². The van der Waals surface area contributed by atoms with Crippen LogP contribution in [0.4, 0.5) is 0 Å². The Kier molecular flexibility index (Phi) is 4.07. The number of carbonyl (C=O) groups is 1. The number of hydrogen-bond acceptors (Lipinski definition) is 3. The first kappa shape index (κ1) is 11.7. The second-order valence-electron chi connectivity index (χ2n) is 3.94. The van der Waals surface area contributed by atoms with Crippen molar-refractivity contribution in [2.24, 2.45) is 11.7 Å². The Balaban J connectivity index is 2.49. The molecule has 0 spiro atoms. The highest BCUT2D eigenvalue weighted by atomic mass is 32.2. The SMILES string of the molecule is CC(C)[C@@H](N)C(=O)N1CCS(=O)CC1. The van der Waals surface area contributed by atoms with E-state index in [1.807, 2.05) is 13.8 Å². The minimum absolute atomic E-state index is 0.00306. The Morgan fingerprint density at radius 3 is 2.29 bits per heavy atom. The molecule has 1 heterocycles. The van der Waals surface area contributed by atoms with E-state index >= 15 is 0 Å². The summed E-state index contributed by atoms with van der Waals surface area (Å²) in [7, 11) is -0.736. The van der Waals surface area contributed by atoms with Crippen LogP contribution in [0.1, 0.15) is 13.8 Å². The summed E-state index contributed by atoms with van der Waals surface area (Å²) in [4.78, 5) is 13.5. The number of hydrogen-bond donors (Lipinski definition) is 1. The molecule has 0 unspecified atom stereocenters. The van der Waals surface area contributed by atoms with Crippen LogP contribution in [0.15, 0.2) is 0 Å². The van der Waals surface area contributed by atoms with Crippen molar-refractivity contribution in [2.45, 2.75) is 19.9 Å². The zero-order valence-electron chi connectivity index (χ0n) is 8.73. The molecule has 0 radical (unpaired) electrons. The van der Waals surface area contributed by atoms with Crippen LogP contribution in [0.2, 0.25) is 0 Å². The molecule has 1 aliphatic rings. The Hall–Kier alpha value is -0.420. The highest BCUT2D eigenvalue weighted by Crippen LogP contribution is 2.06. The molecule has 1 saturated heterocycles. The van der Waals surface area contributed by atoms with E-state index < -0.39 is 16.8 Å². The minimum atomic E-state index is -0.736. The van der Waals surface area contributed by atoms with E-state index in [4.69, 9.17) is 5.73 Å². The van der Waals surface area contributed by atoms with Gasteiger partial charge < -0.3 is 10.6 Å². The van der Waals surface area contributed by atoms with Crippen LogP contribution in [-0.2, 0) is 15.6 Å². The molecule has 1 rings (SSSR count). The fourth-order valence-electron chi connectivity index (χ4n) is 1.35. The second-order valence-corrected chi connectivity index (χ2v) is 5.64. The minimum Gasteiger partial charge on any atom is -0.339 e. The molecule has 1 aliphatic heterocycles. The fourth-order valence-corrected chi connectivity index (χ4v) is 2.41. The molecular formula is C9H18N2O2S. The Labute approximate surface area is 87.3 Å². The summed E-state index contributed by atoms with van der Waals surface area (Å²) < 4.78 is 11.1. The fraction of sp³-hybridized carbons (Fsp3) is 0.889. The molecule has 0 aromatic heterocycles. The Bertz CT molecular complexity index is 233. The molecule has 0 aliphatic carbocycles. The first-order chi connectivity index (χ1) is 6.52. The van der Waals surface area contributed by atoms with Crippen LogP contribution in [0.5, 0.6) is 0 Å². The number of rotatable bonds is 2. The molecule has 4 nitrogen and oxygen atoms in total. The molecule has 14 heavy (non-hydrogen) atoms. The van der Waals surface area contributed by atoms with Gasteiger partial charge in [0.05, 0.1) is 6.04 Å². The van der Waals surface area contributed by atoms with Crippen molar-refractivity contribution in [3.63, 3.8) is 0 Å². The Morgan fingerprint density at radius 2 is 1.86 bits per heavy atom.